The summed E-state index contributed by atoms with van der Waals surface area (Å²) in [6, 6.07) is 4.69. The number of carbonyl (C=O) groups excluding carboxylic acids is 1. The van der Waals surface area contributed by atoms with Gasteiger partial charge in [0, 0.05) is 18.7 Å². The number of fused-ring (bicyclic) bond motifs is 1. The maximum absolute atomic E-state index is 12.4. The summed E-state index contributed by atoms with van der Waals surface area (Å²) in [5, 5.41) is 10.9. The minimum atomic E-state index is -0.599. The minimum absolute atomic E-state index is 0.0245. The van der Waals surface area contributed by atoms with Crippen LogP contribution in [0.15, 0.2) is 18.2 Å². The van der Waals surface area contributed by atoms with Gasteiger partial charge in [-0.25, -0.2) is 0 Å². The van der Waals surface area contributed by atoms with Gasteiger partial charge in [0.2, 0.25) is 5.91 Å². The van der Waals surface area contributed by atoms with Crippen LogP contribution in [0.2, 0.25) is 0 Å². The molecule has 102 valence electrons. The van der Waals surface area contributed by atoms with E-state index < -0.39 is 10.3 Å². The molecular weight excluding hydrogens is 244 g/mol. The van der Waals surface area contributed by atoms with Gasteiger partial charge < -0.3 is 4.90 Å². The van der Waals surface area contributed by atoms with E-state index in [1.807, 2.05) is 13.8 Å². The molecule has 5 nitrogen and oxygen atoms in total. The number of nitro benzene ring substituents is 1. The van der Waals surface area contributed by atoms with Crippen molar-refractivity contribution in [2.45, 2.75) is 39.0 Å². The fourth-order valence-corrected chi connectivity index (χ4v) is 2.49. The van der Waals surface area contributed by atoms with Crippen LogP contribution in [-0.2, 0) is 10.2 Å². The van der Waals surface area contributed by atoms with E-state index in [1.54, 1.807) is 11.0 Å². The van der Waals surface area contributed by atoms with E-state index in [0.29, 0.717) is 12.2 Å². The quantitative estimate of drug-likeness (QED) is 0.619. The highest BCUT2D eigenvalue weighted by atomic mass is 16.6. The Labute approximate surface area is 112 Å². The van der Waals surface area contributed by atoms with Crippen molar-refractivity contribution in [1.29, 1.82) is 0 Å². The van der Waals surface area contributed by atoms with Gasteiger partial charge in [0.15, 0.2) is 0 Å². The molecule has 0 saturated carbocycles. The molecule has 0 atom stereocenters. The first-order valence-electron chi connectivity index (χ1n) is 6.50. The predicted molar refractivity (Wildman–Crippen MR) is 73.4 cm³/mol. The fraction of sp³-hybridized carbons (Fsp3) is 0.500. The second-order valence-electron chi connectivity index (χ2n) is 5.39. The Morgan fingerprint density at radius 3 is 2.63 bits per heavy atom. The van der Waals surface area contributed by atoms with Crippen molar-refractivity contribution in [2.24, 2.45) is 0 Å². The largest absolute Gasteiger partial charge is 0.311 e. The molecule has 1 aliphatic heterocycles. The van der Waals surface area contributed by atoms with Gasteiger partial charge in [-0.15, -0.1) is 0 Å². The molecule has 0 saturated heterocycles. The van der Waals surface area contributed by atoms with E-state index in [-0.39, 0.29) is 11.6 Å². The van der Waals surface area contributed by atoms with Crippen LogP contribution in [0.1, 0.15) is 39.2 Å². The highest BCUT2D eigenvalue weighted by Gasteiger charge is 2.44. The van der Waals surface area contributed by atoms with Crippen LogP contribution in [0.3, 0.4) is 0 Å². The van der Waals surface area contributed by atoms with Crippen LogP contribution in [0.25, 0.3) is 0 Å². The van der Waals surface area contributed by atoms with Crippen LogP contribution < -0.4 is 4.90 Å². The summed E-state index contributed by atoms with van der Waals surface area (Å²) >= 11 is 0. The number of hydrogen-bond donors (Lipinski definition) is 0. The number of anilines is 1. The lowest BCUT2D eigenvalue weighted by atomic mass is 9.86. The standard InChI is InChI=1S/C14H18N2O3/c1-4-5-8-15-12-9-10(16(18)19)6-7-11(12)14(2,3)13(15)17/h6-7,9H,4-5,8H2,1-3H3. The zero-order valence-corrected chi connectivity index (χ0v) is 11.5. The molecule has 0 fully saturated rings. The average Bonchev–Trinajstić information content (AvgIpc) is 2.56. The molecule has 1 aliphatic rings. The Morgan fingerprint density at radius 2 is 2.05 bits per heavy atom. The van der Waals surface area contributed by atoms with Crippen molar-refractivity contribution in [3.05, 3.63) is 33.9 Å². The highest BCUT2D eigenvalue weighted by molar-refractivity contribution is 6.07. The molecule has 1 amide bonds. The number of nitrogens with zero attached hydrogens (tertiary/aromatic N) is 2. The van der Waals surface area contributed by atoms with Gasteiger partial charge in [-0.3, -0.25) is 14.9 Å². The summed E-state index contributed by atoms with van der Waals surface area (Å²) in [5.74, 6) is 0.0245. The molecule has 0 radical (unpaired) electrons. The number of non-ortho nitro benzene ring substituents is 1. The van der Waals surface area contributed by atoms with Crippen molar-refractivity contribution in [1.82, 2.24) is 0 Å². The van der Waals surface area contributed by atoms with Crippen molar-refractivity contribution < 1.29 is 9.72 Å². The molecule has 0 N–H and O–H groups in total. The fourth-order valence-electron chi connectivity index (χ4n) is 2.49. The number of benzene rings is 1. The summed E-state index contributed by atoms with van der Waals surface area (Å²) in [4.78, 5) is 24.6. The van der Waals surface area contributed by atoms with Gasteiger partial charge in [0.05, 0.1) is 16.0 Å². The number of carbonyl (C=O) groups is 1. The van der Waals surface area contributed by atoms with Crippen LogP contribution in [0, 0.1) is 10.1 Å². The van der Waals surface area contributed by atoms with Crippen LogP contribution in [-0.4, -0.2) is 17.4 Å². The summed E-state index contributed by atoms with van der Waals surface area (Å²) in [5.41, 5.74) is 1.00. The zero-order valence-electron chi connectivity index (χ0n) is 11.5. The van der Waals surface area contributed by atoms with Gasteiger partial charge in [-0.05, 0) is 31.9 Å². The van der Waals surface area contributed by atoms with E-state index in [1.165, 1.54) is 12.1 Å². The highest BCUT2D eigenvalue weighted by Crippen LogP contribution is 2.43. The van der Waals surface area contributed by atoms with Crippen molar-refractivity contribution in [3.8, 4) is 0 Å². The predicted octanol–water partition coefficient (Wildman–Crippen LogP) is 3.02. The monoisotopic (exact) mass is 262 g/mol. The van der Waals surface area contributed by atoms with Crippen LogP contribution in [0.5, 0.6) is 0 Å². The van der Waals surface area contributed by atoms with Crippen LogP contribution >= 0.6 is 0 Å². The molecule has 1 aromatic carbocycles. The Morgan fingerprint density at radius 1 is 1.37 bits per heavy atom. The SMILES string of the molecule is CCCCN1C(=O)C(C)(C)c2ccc([N+](=O)[O-])cc21. The number of amides is 1. The van der Waals surface area contributed by atoms with Gasteiger partial charge in [0.1, 0.15) is 0 Å². The summed E-state index contributed by atoms with van der Waals surface area (Å²) in [6.45, 7) is 6.41. The Kier molecular flexibility index (Phi) is 3.30. The smallest absolute Gasteiger partial charge is 0.271 e. The molecule has 2 rings (SSSR count). The summed E-state index contributed by atoms with van der Waals surface area (Å²) in [6.07, 6.45) is 1.87. The maximum Gasteiger partial charge on any atom is 0.271 e. The zero-order chi connectivity index (χ0) is 14.2. The molecule has 1 heterocycles. The number of rotatable bonds is 4. The third-order valence-corrected chi connectivity index (χ3v) is 3.67. The molecule has 0 spiro atoms. The van der Waals surface area contributed by atoms with Crippen molar-refractivity contribution >= 4 is 17.3 Å². The molecule has 1 aromatic rings. The topological polar surface area (TPSA) is 63.5 Å². The molecule has 0 aliphatic carbocycles. The van der Waals surface area contributed by atoms with E-state index in [9.17, 15) is 14.9 Å². The van der Waals surface area contributed by atoms with Gasteiger partial charge >= 0.3 is 0 Å². The minimum Gasteiger partial charge on any atom is -0.311 e. The molecule has 0 bridgehead atoms. The number of hydrogen-bond acceptors (Lipinski definition) is 3. The van der Waals surface area contributed by atoms with Gasteiger partial charge in [0.25, 0.3) is 5.69 Å². The van der Waals surface area contributed by atoms with Crippen LogP contribution in [0.4, 0.5) is 11.4 Å². The molecule has 5 heteroatoms. The number of unbranched alkanes of at least 4 members (excludes halogenated alkanes) is 1. The van der Waals surface area contributed by atoms with Gasteiger partial charge in [-0.1, -0.05) is 13.3 Å². The van der Waals surface area contributed by atoms with Crippen molar-refractivity contribution in [2.75, 3.05) is 11.4 Å². The lowest BCUT2D eigenvalue weighted by Crippen LogP contribution is -2.36. The van der Waals surface area contributed by atoms with Gasteiger partial charge in [-0.2, -0.15) is 0 Å². The first kappa shape index (κ1) is 13.5. The summed E-state index contributed by atoms with van der Waals surface area (Å²) in [7, 11) is 0. The Bertz CT molecular complexity index is 537. The van der Waals surface area contributed by atoms with E-state index in [2.05, 4.69) is 6.92 Å². The first-order chi connectivity index (χ1) is 8.89. The second kappa shape index (κ2) is 4.64. The average molecular weight is 262 g/mol. The lowest BCUT2D eigenvalue weighted by Gasteiger charge is -2.19. The molecule has 0 aromatic heterocycles. The Hall–Kier alpha value is -1.91. The Balaban J connectivity index is 2.49. The van der Waals surface area contributed by atoms with E-state index in [0.717, 1.165) is 18.4 Å². The van der Waals surface area contributed by atoms with Crippen molar-refractivity contribution in [3.63, 3.8) is 0 Å². The number of nitro groups is 1. The van der Waals surface area contributed by atoms with E-state index >= 15 is 0 Å². The summed E-state index contributed by atoms with van der Waals surface area (Å²) < 4.78 is 0. The normalized spacial score (nSPS) is 16.6. The molecule has 19 heavy (non-hydrogen) atoms. The maximum atomic E-state index is 12.4. The third-order valence-electron chi connectivity index (χ3n) is 3.67. The molecular formula is C14H18N2O3. The first-order valence-corrected chi connectivity index (χ1v) is 6.50. The second-order valence-corrected chi connectivity index (χ2v) is 5.39. The van der Waals surface area contributed by atoms with E-state index in [4.69, 9.17) is 0 Å². The molecule has 0 unspecified atom stereocenters. The lowest BCUT2D eigenvalue weighted by molar-refractivity contribution is -0.384. The third kappa shape index (κ3) is 2.09.